The molecule has 5 saturated heterocycles. The summed E-state index contributed by atoms with van der Waals surface area (Å²) in [4.78, 5) is 89.8. The third-order valence-corrected chi connectivity index (χ3v) is 12.5. The number of carbonyl (C=O) groups excluding carboxylic acids is 6. The number of anilines is 1. The number of rotatable bonds is 8. The molecule has 1 aromatic heterocycles. The number of ether oxygens (including phenoxy) is 2. The van der Waals surface area contributed by atoms with Crippen LogP contribution in [0.2, 0.25) is 0 Å². The molecule has 5 aliphatic heterocycles. The zero-order valence-corrected chi connectivity index (χ0v) is 33.0. The van der Waals surface area contributed by atoms with Gasteiger partial charge in [0.2, 0.25) is 23.6 Å². The predicted molar refractivity (Wildman–Crippen MR) is 207 cm³/mol. The van der Waals surface area contributed by atoms with Crippen molar-refractivity contribution in [1.29, 1.82) is 0 Å². The number of likely N-dealkylation sites (tertiary alicyclic amines) is 1. The number of carbonyl (C=O) groups is 6. The number of fused-ring (bicyclic) bond motifs is 2. The Hall–Kier alpha value is -5.21. The first-order chi connectivity index (χ1) is 27.3. The van der Waals surface area contributed by atoms with E-state index in [0.29, 0.717) is 82.5 Å². The molecule has 15 heteroatoms. The highest BCUT2D eigenvalue weighted by Gasteiger charge is 2.53. The highest BCUT2D eigenvalue weighted by atomic mass is 16.6. The van der Waals surface area contributed by atoms with E-state index in [1.165, 1.54) is 0 Å². The van der Waals surface area contributed by atoms with Crippen LogP contribution in [-0.4, -0.2) is 125 Å². The molecule has 1 aromatic carbocycles. The minimum absolute atomic E-state index is 0.00205. The van der Waals surface area contributed by atoms with Gasteiger partial charge in [-0.3, -0.25) is 34.3 Å². The topological polar surface area (TPSA) is 171 Å². The summed E-state index contributed by atoms with van der Waals surface area (Å²) in [6.07, 6.45) is 7.77. The summed E-state index contributed by atoms with van der Waals surface area (Å²) in [6.45, 7) is 8.70. The fourth-order valence-corrected chi connectivity index (χ4v) is 9.39. The van der Waals surface area contributed by atoms with Crippen LogP contribution in [0.5, 0.6) is 5.75 Å². The van der Waals surface area contributed by atoms with Gasteiger partial charge in [0.15, 0.2) is 6.61 Å². The smallest absolute Gasteiger partial charge is 0.408 e. The van der Waals surface area contributed by atoms with Crippen LogP contribution < -0.4 is 20.3 Å². The molecule has 0 spiro atoms. The van der Waals surface area contributed by atoms with Crippen LogP contribution in [0.1, 0.15) is 88.7 Å². The summed E-state index contributed by atoms with van der Waals surface area (Å²) >= 11 is 0. The van der Waals surface area contributed by atoms with Crippen LogP contribution >= 0.6 is 0 Å². The summed E-state index contributed by atoms with van der Waals surface area (Å²) in [5, 5.41) is 5.23. The van der Waals surface area contributed by atoms with Gasteiger partial charge in [0, 0.05) is 81.3 Å². The monoisotopic (exact) mass is 783 g/mol. The lowest BCUT2D eigenvalue weighted by atomic mass is 9.90. The van der Waals surface area contributed by atoms with Crippen molar-refractivity contribution < 1.29 is 38.2 Å². The van der Waals surface area contributed by atoms with Crippen molar-refractivity contribution in [3.8, 4) is 5.75 Å². The molecule has 6 amide bonds. The van der Waals surface area contributed by atoms with Gasteiger partial charge in [-0.25, -0.2) is 4.79 Å². The molecule has 2 N–H and O–H groups in total. The number of piperidine rings is 1. The molecule has 1 unspecified atom stereocenters. The van der Waals surface area contributed by atoms with Gasteiger partial charge in [0.05, 0.1) is 5.92 Å². The van der Waals surface area contributed by atoms with Crippen molar-refractivity contribution in [3.05, 3.63) is 53.9 Å². The van der Waals surface area contributed by atoms with Crippen LogP contribution in [0.15, 0.2) is 42.7 Å². The normalized spacial score (nSPS) is 27.7. The summed E-state index contributed by atoms with van der Waals surface area (Å²) < 4.78 is 11.3. The third kappa shape index (κ3) is 8.43. The number of alkyl carbamates (subject to hydrolysis) is 1. The Morgan fingerprint density at radius 1 is 0.895 bits per heavy atom. The zero-order valence-electron chi connectivity index (χ0n) is 33.0. The number of hydrogen-bond acceptors (Lipinski definition) is 10. The fraction of sp³-hybridized carbons (Fsp3) is 0.595. The van der Waals surface area contributed by atoms with Crippen LogP contribution in [0, 0.1) is 11.8 Å². The average molecular weight is 784 g/mol. The number of hydrogen-bond donors (Lipinski definition) is 2. The molecule has 1 aliphatic carbocycles. The van der Waals surface area contributed by atoms with Gasteiger partial charge in [-0.2, -0.15) is 0 Å². The van der Waals surface area contributed by atoms with Gasteiger partial charge in [-0.1, -0.05) is 12.1 Å². The van der Waals surface area contributed by atoms with Crippen LogP contribution in [0.3, 0.4) is 0 Å². The van der Waals surface area contributed by atoms with E-state index < -0.39 is 23.8 Å². The quantitative estimate of drug-likeness (QED) is 0.380. The van der Waals surface area contributed by atoms with Crippen molar-refractivity contribution in [2.75, 3.05) is 50.8 Å². The number of pyridine rings is 1. The SMILES string of the molecule is CC(C)(C)OC(=O)N[C@H]1C[C@@H]2C[C@@H]2C[C@H]2CC[C@@H](C(=O)N3CC(c4cnccc4N4CCN(C(=O)COc5ccc(C6CCC(=O)NC6=O)cc5)CC4)C3)N2C1=O. The van der Waals surface area contributed by atoms with Gasteiger partial charge < -0.3 is 34.4 Å². The molecule has 304 valence electrons. The van der Waals surface area contributed by atoms with Crippen molar-refractivity contribution in [2.45, 2.75) is 101 Å². The lowest BCUT2D eigenvalue weighted by molar-refractivity contribution is -0.149. The van der Waals surface area contributed by atoms with E-state index in [2.05, 4.69) is 20.5 Å². The Bertz CT molecular complexity index is 1900. The molecule has 6 fully saturated rings. The van der Waals surface area contributed by atoms with Crippen molar-refractivity contribution in [1.82, 2.24) is 30.3 Å². The number of amides is 6. The van der Waals surface area contributed by atoms with E-state index in [1.807, 2.05) is 17.2 Å². The van der Waals surface area contributed by atoms with Crippen molar-refractivity contribution in [2.24, 2.45) is 11.8 Å². The molecule has 15 nitrogen and oxygen atoms in total. The number of imide groups is 1. The Labute approximate surface area is 332 Å². The number of aromatic nitrogens is 1. The maximum absolute atomic E-state index is 14.1. The second-order valence-electron chi connectivity index (χ2n) is 17.5. The van der Waals surface area contributed by atoms with Crippen LogP contribution in [0.4, 0.5) is 10.5 Å². The van der Waals surface area contributed by atoms with Crippen molar-refractivity contribution >= 4 is 41.3 Å². The Morgan fingerprint density at radius 3 is 2.35 bits per heavy atom. The molecular weight excluding hydrogens is 731 g/mol. The lowest BCUT2D eigenvalue weighted by Crippen LogP contribution is -2.60. The number of piperazine rings is 1. The average Bonchev–Trinajstić information content (AvgIpc) is 3.74. The molecule has 57 heavy (non-hydrogen) atoms. The largest absolute Gasteiger partial charge is 0.484 e. The summed E-state index contributed by atoms with van der Waals surface area (Å²) in [5.74, 6) is 0.329. The molecule has 6 heterocycles. The Morgan fingerprint density at radius 2 is 1.63 bits per heavy atom. The van der Waals surface area contributed by atoms with Gasteiger partial charge in [-0.15, -0.1) is 0 Å². The lowest BCUT2D eigenvalue weighted by Gasteiger charge is -2.44. The van der Waals surface area contributed by atoms with Crippen LogP contribution in [-0.2, 0) is 28.7 Å². The highest BCUT2D eigenvalue weighted by molar-refractivity contribution is 6.01. The molecule has 6 aliphatic rings. The number of benzene rings is 1. The second-order valence-corrected chi connectivity index (χ2v) is 17.5. The first kappa shape index (κ1) is 38.7. The summed E-state index contributed by atoms with van der Waals surface area (Å²) in [7, 11) is 0. The minimum Gasteiger partial charge on any atom is -0.484 e. The van der Waals surface area contributed by atoms with Gasteiger partial charge in [-0.05, 0) is 94.9 Å². The standard InChI is InChI=1S/C42H53N7O8/c1-42(2,3)57-41(55)44-33-20-27-18-26(27)19-29-6-10-35(49(29)39(33)53)40(54)48-22-28(23-48)32-21-43-13-12-34(32)46-14-16-47(17-15-46)37(51)24-56-30-7-4-25(5-8-30)31-9-11-36(50)45-38(31)52/h4-5,7-8,12-13,21,26-29,31,33,35H,6,9-11,14-20,22-24H2,1-3H3,(H,44,55)(H,45,50,52)/t26-,27+,29-,31?,33+,35+/m1/s1. The number of nitrogens with one attached hydrogen (secondary N) is 2. The highest BCUT2D eigenvalue weighted by Crippen LogP contribution is 2.49. The van der Waals surface area contributed by atoms with E-state index >= 15 is 0 Å². The maximum atomic E-state index is 14.1. The molecule has 0 radical (unpaired) electrons. The van der Waals surface area contributed by atoms with Crippen molar-refractivity contribution in [3.63, 3.8) is 0 Å². The maximum Gasteiger partial charge on any atom is 0.408 e. The molecule has 1 saturated carbocycles. The van der Waals surface area contributed by atoms with Gasteiger partial charge in [0.25, 0.3) is 5.91 Å². The van der Waals surface area contributed by atoms with E-state index in [9.17, 15) is 28.8 Å². The van der Waals surface area contributed by atoms with E-state index in [-0.39, 0.29) is 54.0 Å². The first-order valence-corrected chi connectivity index (χ1v) is 20.4. The Kier molecular flexibility index (Phi) is 10.6. The molecule has 0 bridgehead atoms. The van der Waals surface area contributed by atoms with E-state index in [4.69, 9.17) is 9.47 Å². The van der Waals surface area contributed by atoms with E-state index in [1.54, 1.807) is 61.0 Å². The first-order valence-electron chi connectivity index (χ1n) is 20.4. The zero-order chi connectivity index (χ0) is 40.0. The van der Waals surface area contributed by atoms with E-state index in [0.717, 1.165) is 36.1 Å². The third-order valence-electron chi connectivity index (χ3n) is 12.5. The van der Waals surface area contributed by atoms with Gasteiger partial charge >= 0.3 is 6.09 Å². The summed E-state index contributed by atoms with van der Waals surface area (Å²) in [5.41, 5.74) is 2.24. The molecule has 2 aromatic rings. The summed E-state index contributed by atoms with van der Waals surface area (Å²) in [6, 6.07) is 7.85. The second kappa shape index (κ2) is 15.6. The predicted octanol–water partition coefficient (Wildman–Crippen LogP) is 2.94. The molecule has 6 atom stereocenters. The van der Waals surface area contributed by atoms with Crippen LogP contribution in [0.25, 0.3) is 0 Å². The fourth-order valence-electron chi connectivity index (χ4n) is 9.39. The molecule has 8 rings (SSSR count). The molecular formula is C42H53N7O8. The Balaban J connectivity index is 0.831. The minimum atomic E-state index is -0.706. The van der Waals surface area contributed by atoms with Gasteiger partial charge in [0.1, 0.15) is 23.4 Å². The number of nitrogens with zero attached hydrogens (tertiary/aromatic N) is 5.